The second-order valence-electron chi connectivity index (χ2n) is 3.48. The van der Waals surface area contributed by atoms with Crippen molar-refractivity contribution in [2.75, 3.05) is 12.8 Å². The van der Waals surface area contributed by atoms with Crippen LogP contribution in [0.3, 0.4) is 0 Å². The van der Waals surface area contributed by atoms with Crippen LogP contribution in [-0.2, 0) is 0 Å². The summed E-state index contributed by atoms with van der Waals surface area (Å²) < 4.78 is 0. The van der Waals surface area contributed by atoms with Gasteiger partial charge in [-0.25, -0.2) is 0 Å². The van der Waals surface area contributed by atoms with Crippen LogP contribution in [0.4, 0.5) is 5.69 Å². The minimum Gasteiger partial charge on any atom is -0.352 e. The van der Waals surface area contributed by atoms with Crippen molar-refractivity contribution < 1.29 is 9.72 Å². The fraction of sp³-hybridized carbons (Fsp3) is 0.250. The molecule has 0 fully saturated rings. The largest absolute Gasteiger partial charge is 0.352 e. The summed E-state index contributed by atoms with van der Waals surface area (Å²) in [6.45, 7) is 4.02. The van der Waals surface area contributed by atoms with E-state index in [-0.39, 0.29) is 11.6 Å². The number of carbonyl (C=O) groups excluding carboxylic acids is 1. The van der Waals surface area contributed by atoms with Gasteiger partial charge in [-0.2, -0.15) is 0 Å². The molecule has 6 heteroatoms. The molecule has 96 valence electrons. The molecule has 0 bridgehead atoms. The molecule has 5 nitrogen and oxygen atoms in total. The summed E-state index contributed by atoms with van der Waals surface area (Å²) in [5.74, 6) is -0.312. The zero-order chi connectivity index (χ0) is 13.5. The molecule has 1 aromatic rings. The highest BCUT2D eigenvalue weighted by Crippen LogP contribution is 2.28. The minimum atomic E-state index is -0.480. The molecule has 1 rings (SSSR count). The third kappa shape index (κ3) is 3.59. The first-order valence-corrected chi connectivity index (χ1v) is 6.54. The zero-order valence-corrected chi connectivity index (χ0v) is 10.8. The summed E-state index contributed by atoms with van der Waals surface area (Å²) >= 11 is 1.28. The molecule has 0 radical (unpaired) electrons. The van der Waals surface area contributed by atoms with E-state index in [2.05, 4.69) is 11.9 Å². The smallest absolute Gasteiger partial charge is 0.283 e. The maximum atomic E-state index is 11.7. The highest BCUT2D eigenvalue weighted by Gasteiger charge is 2.16. The maximum Gasteiger partial charge on any atom is 0.283 e. The molecule has 0 spiro atoms. The molecule has 0 aliphatic heterocycles. The topological polar surface area (TPSA) is 72.2 Å². The molecule has 1 amide bonds. The SMILES string of the molecule is C=CCCNC(=O)c1ccc(SC)c([N+](=O)[O-])c1. The Labute approximate surface area is 109 Å². The number of nitro groups is 1. The van der Waals surface area contributed by atoms with E-state index in [1.54, 1.807) is 24.5 Å². The van der Waals surface area contributed by atoms with E-state index in [0.29, 0.717) is 23.4 Å². The van der Waals surface area contributed by atoms with Gasteiger partial charge in [0.1, 0.15) is 0 Å². The molecule has 0 aromatic heterocycles. The molecule has 1 N–H and O–H groups in total. The number of nitrogens with zero attached hydrogens (tertiary/aromatic N) is 1. The predicted molar refractivity (Wildman–Crippen MR) is 72.0 cm³/mol. The van der Waals surface area contributed by atoms with Crippen LogP contribution in [0.5, 0.6) is 0 Å². The first-order valence-electron chi connectivity index (χ1n) is 5.31. The van der Waals surface area contributed by atoms with Gasteiger partial charge in [-0.1, -0.05) is 6.08 Å². The molecule has 0 atom stereocenters. The molecular formula is C12H14N2O3S. The lowest BCUT2D eigenvalue weighted by Crippen LogP contribution is -2.24. The van der Waals surface area contributed by atoms with Crippen LogP contribution in [-0.4, -0.2) is 23.6 Å². The number of hydrogen-bond donors (Lipinski definition) is 1. The standard InChI is InChI=1S/C12H14N2O3S/c1-3-4-7-13-12(15)9-5-6-11(18-2)10(8-9)14(16)17/h3,5-6,8H,1,4,7H2,2H3,(H,13,15). The van der Waals surface area contributed by atoms with Crippen molar-refractivity contribution in [1.82, 2.24) is 5.32 Å². The third-order valence-corrected chi connectivity index (χ3v) is 3.06. The van der Waals surface area contributed by atoms with E-state index in [9.17, 15) is 14.9 Å². The van der Waals surface area contributed by atoms with Crippen LogP contribution in [0.2, 0.25) is 0 Å². The maximum absolute atomic E-state index is 11.7. The van der Waals surface area contributed by atoms with Crippen LogP contribution < -0.4 is 5.32 Å². The summed E-state index contributed by atoms with van der Waals surface area (Å²) in [5.41, 5.74) is 0.252. The highest BCUT2D eigenvalue weighted by atomic mass is 32.2. The Morgan fingerprint density at radius 1 is 1.61 bits per heavy atom. The number of nitro benzene ring substituents is 1. The van der Waals surface area contributed by atoms with Crippen LogP contribution in [0, 0.1) is 10.1 Å². The fourth-order valence-corrected chi connectivity index (χ4v) is 1.91. The average Bonchev–Trinajstić information content (AvgIpc) is 2.38. The van der Waals surface area contributed by atoms with Crippen LogP contribution >= 0.6 is 11.8 Å². The number of benzene rings is 1. The summed E-state index contributed by atoms with van der Waals surface area (Å²) in [6.07, 6.45) is 4.11. The Morgan fingerprint density at radius 3 is 2.89 bits per heavy atom. The quantitative estimate of drug-likeness (QED) is 0.282. The Bertz CT molecular complexity index is 474. The van der Waals surface area contributed by atoms with E-state index in [1.165, 1.54) is 17.8 Å². The van der Waals surface area contributed by atoms with Gasteiger partial charge in [0.05, 0.1) is 9.82 Å². The van der Waals surface area contributed by atoms with Gasteiger partial charge in [-0.15, -0.1) is 18.3 Å². The zero-order valence-electron chi connectivity index (χ0n) is 10.0. The monoisotopic (exact) mass is 266 g/mol. The second kappa shape index (κ2) is 6.80. The van der Waals surface area contributed by atoms with Crippen molar-refractivity contribution in [3.63, 3.8) is 0 Å². The van der Waals surface area contributed by atoms with Gasteiger partial charge in [0, 0.05) is 18.2 Å². The van der Waals surface area contributed by atoms with Crippen molar-refractivity contribution in [3.05, 3.63) is 46.5 Å². The van der Waals surface area contributed by atoms with Crippen molar-refractivity contribution in [3.8, 4) is 0 Å². The molecule has 0 heterocycles. The first kappa shape index (κ1) is 14.2. The number of amides is 1. The molecule has 0 saturated carbocycles. The molecular weight excluding hydrogens is 252 g/mol. The van der Waals surface area contributed by atoms with Crippen molar-refractivity contribution in [1.29, 1.82) is 0 Å². The lowest BCUT2D eigenvalue weighted by atomic mass is 10.2. The van der Waals surface area contributed by atoms with Crippen LogP contribution in [0.25, 0.3) is 0 Å². The minimum absolute atomic E-state index is 0.0427. The lowest BCUT2D eigenvalue weighted by Gasteiger charge is -2.05. The number of nitrogens with one attached hydrogen (secondary N) is 1. The molecule has 18 heavy (non-hydrogen) atoms. The van der Waals surface area contributed by atoms with E-state index >= 15 is 0 Å². The average molecular weight is 266 g/mol. The van der Waals surface area contributed by atoms with Crippen LogP contribution in [0.1, 0.15) is 16.8 Å². The molecule has 0 aliphatic carbocycles. The molecule has 0 unspecified atom stereocenters. The normalized spacial score (nSPS) is 9.83. The van der Waals surface area contributed by atoms with E-state index in [1.807, 2.05) is 0 Å². The summed E-state index contributed by atoms with van der Waals surface area (Å²) in [4.78, 5) is 22.6. The molecule has 0 saturated heterocycles. The van der Waals surface area contributed by atoms with Crippen molar-refractivity contribution in [2.24, 2.45) is 0 Å². The van der Waals surface area contributed by atoms with Gasteiger partial charge in [0.25, 0.3) is 11.6 Å². The lowest BCUT2D eigenvalue weighted by molar-refractivity contribution is -0.387. The summed E-state index contributed by atoms with van der Waals surface area (Å²) in [6, 6.07) is 4.47. The first-order chi connectivity index (χ1) is 8.60. The fourth-order valence-electron chi connectivity index (χ4n) is 1.36. The van der Waals surface area contributed by atoms with Gasteiger partial charge in [-0.3, -0.25) is 14.9 Å². The number of carbonyl (C=O) groups is 1. The summed E-state index contributed by atoms with van der Waals surface area (Å²) in [7, 11) is 0. The van der Waals surface area contributed by atoms with E-state index < -0.39 is 4.92 Å². The van der Waals surface area contributed by atoms with Gasteiger partial charge >= 0.3 is 0 Å². The Morgan fingerprint density at radius 2 is 2.33 bits per heavy atom. The Hall–Kier alpha value is -1.82. The molecule has 1 aromatic carbocycles. The third-order valence-electron chi connectivity index (χ3n) is 2.27. The summed E-state index contributed by atoms with van der Waals surface area (Å²) in [5, 5.41) is 13.5. The highest BCUT2D eigenvalue weighted by molar-refractivity contribution is 7.98. The van der Waals surface area contributed by atoms with Crippen LogP contribution in [0.15, 0.2) is 35.7 Å². The second-order valence-corrected chi connectivity index (χ2v) is 4.33. The predicted octanol–water partition coefficient (Wildman–Crippen LogP) is 2.62. The van der Waals surface area contributed by atoms with Gasteiger partial charge in [-0.05, 0) is 24.8 Å². The van der Waals surface area contributed by atoms with Gasteiger partial charge in [0.15, 0.2) is 0 Å². The van der Waals surface area contributed by atoms with E-state index in [4.69, 9.17) is 0 Å². The van der Waals surface area contributed by atoms with E-state index in [0.717, 1.165) is 0 Å². The number of rotatable bonds is 6. The van der Waals surface area contributed by atoms with Gasteiger partial charge < -0.3 is 5.32 Å². The van der Waals surface area contributed by atoms with Gasteiger partial charge in [0.2, 0.25) is 0 Å². The molecule has 0 aliphatic rings. The Balaban J connectivity index is 2.90. The Kier molecular flexibility index (Phi) is 5.38. The number of thioether (sulfide) groups is 1. The number of hydrogen-bond acceptors (Lipinski definition) is 4. The van der Waals surface area contributed by atoms with Crippen molar-refractivity contribution >= 4 is 23.4 Å². The van der Waals surface area contributed by atoms with Crippen molar-refractivity contribution in [2.45, 2.75) is 11.3 Å².